The van der Waals surface area contributed by atoms with Gasteiger partial charge in [-0.1, -0.05) is 17.4 Å². The Bertz CT molecular complexity index is 2150. The van der Waals surface area contributed by atoms with Crippen molar-refractivity contribution in [1.82, 2.24) is 25.1 Å². The molecule has 3 aromatic heterocycles. The van der Waals surface area contributed by atoms with E-state index in [2.05, 4.69) is 20.4 Å². The van der Waals surface area contributed by atoms with Gasteiger partial charge in [0.05, 0.1) is 27.6 Å². The summed E-state index contributed by atoms with van der Waals surface area (Å²) in [5.74, 6) is -13.6. The van der Waals surface area contributed by atoms with Gasteiger partial charge < -0.3 is 16.2 Å². The zero-order valence-electron chi connectivity index (χ0n) is 25.0. The number of nitrogens with zero attached hydrogens (tertiary/aromatic N) is 4. The van der Waals surface area contributed by atoms with Gasteiger partial charge in [-0.3, -0.25) is 14.3 Å². The average Bonchev–Trinajstić information content (AvgIpc) is 3.59. The number of carbonyl (C=O) groups excluding carboxylic acids is 2. The van der Waals surface area contributed by atoms with E-state index < -0.39 is 107 Å². The first-order valence-electron chi connectivity index (χ1n) is 14.4. The van der Waals surface area contributed by atoms with Crippen molar-refractivity contribution < 1.29 is 54.2 Å². The maximum atomic E-state index is 15.0. The summed E-state index contributed by atoms with van der Waals surface area (Å²) < 4.78 is 130. The third-order valence-electron chi connectivity index (χ3n) is 7.92. The van der Waals surface area contributed by atoms with Crippen molar-refractivity contribution in [3.63, 3.8) is 0 Å². The van der Waals surface area contributed by atoms with E-state index in [-0.39, 0.29) is 37.4 Å². The van der Waals surface area contributed by atoms with Crippen LogP contribution in [0, 0.1) is 17.5 Å². The van der Waals surface area contributed by atoms with Crippen molar-refractivity contribution in [2.24, 2.45) is 5.73 Å². The maximum Gasteiger partial charge on any atom is 0.290 e. The van der Waals surface area contributed by atoms with Crippen LogP contribution in [0.5, 0.6) is 5.19 Å². The Kier molecular flexibility index (Phi) is 8.73. The number of rotatable bonds is 9. The molecule has 0 aliphatic heterocycles. The van der Waals surface area contributed by atoms with Gasteiger partial charge >= 0.3 is 0 Å². The highest BCUT2D eigenvalue weighted by Gasteiger charge is 2.55. The number of primary amides is 1. The molecule has 5 aromatic rings. The Labute approximate surface area is 278 Å². The normalized spacial score (nSPS) is 15.6. The van der Waals surface area contributed by atoms with E-state index in [0.29, 0.717) is 6.07 Å². The minimum absolute atomic E-state index is 0.0495. The van der Waals surface area contributed by atoms with E-state index >= 15 is 0 Å². The molecular weight excluding hydrogens is 707 g/mol. The van der Waals surface area contributed by atoms with Crippen LogP contribution in [-0.4, -0.2) is 36.7 Å². The van der Waals surface area contributed by atoms with Gasteiger partial charge in [0.25, 0.3) is 29.4 Å². The lowest BCUT2D eigenvalue weighted by Crippen LogP contribution is -2.37. The lowest BCUT2D eigenvalue weighted by atomic mass is 9.89. The zero-order chi connectivity index (χ0) is 36.3. The van der Waals surface area contributed by atoms with Crippen molar-refractivity contribution in [3.05, 3.63) is 93.7 Å². The first kappa shape index (κ1) is 34.7. The van der Waals surface area contributed by atoms with Crippen molar-refractivity contribution in [2.75, 3.05) is 0 Å². The number of amides is 2. The Hall–Kier alpha value is -5.20. The van der Waals surface area contributed by atoms with E-state index in [1.165, 1.54) is 12.1 Å². The highest BCUT2D eigenvalue weighted by atomic mass is 32.1. The Morgan fingerprint density at radius 3 is 2.30 bits per heavy atom. The molecule has 1 aliphatic carbocycles. The summed E-state index contributed by atoms with van der Waals surface area (Å²) in [7, 11) is 0. The Morgan fingerprint density at radius 1 is 0.960 bits per heavy atom. The van der Waals surface area contributed by atoms with E-state index in [4.69, 9.17) is 5.73 Å². The first-order chi connectivity index (χ1) is 23.4. The van der Waals surface area contributed by atoms with Crippen LogP contribution in [-0.2, 0) is 29.6 Å². The van der Waals surface area contributed by atoms with Crippen LogP contribution < -0.4 is 11.1 Å². The number of nitrogens with one attached hydrogen (secondary N) is 1. The van der Waals surface area contributed by atoms with Gasteiger partial charge in [-0.25, -0.2) is 35.7 Å². The van der Waals surface area contributed by atoms with Gasteiger partial charge in [-0.05, 0) is 47.9 Å². The molecule has 0 fully saturated rings. The number of aromatic nitrogens is 4. The van der Waals surface area contributed by atoms with E-state index in [0.717, 1.165) is 35.6 Å². The van der Waals surface area contributed by atoms with Crippen LogP contribution in [0.2, 0.25) is 0 Å². The summed E-state index contributed by atoms with van der Waals surface area (Å²) in [6.45, 7) is -1.29. The predicted molar refractivity (Wildman–Crippen MR) is 158 cm³/mol. The molecule has 2 amide bonds. The number of fused-ring (bicyclic) bond motifs is 2. The highest BCUT2D eigenvalue weighted by Crippen LogP contribution is 2.52. The van der Waals surface area contributed by atoms with Crippen LogP contribution in [0.4, 0.5) is 39.5 Å². The quantitative estimate of drug-likeness (QED) is 0.143. The zero-order valence-corrected chi connectivity index (χ0v) is 25.8. The number of hydrogen-bond donors (Lipinski definition) is 3. The smallest absolute Gasteiger partial charge is 0.290 e. The minimum atomic E-state index is -4.10. The molecule has 50 heavy (non-hydrogen) atoms. The molecule has 262 valence electrons. The van der Waals surface area contributed by atoms with Crippen LogP contribution in [0.3, 0.4) is 0 Å². The third-order valence-corrected chi connectivity index (χ3v) is 8.71. The molecule has 0 spiro atoms. The molecule has 0 saturated heterocycles. The molecule has 0 unspecified atom stereocenters. The Morgan fingerprint density at radius 2 is 1.64 bits per heavy atom. The molecule has 1 aliphatic rings. The van der Waals surface area contributed by atoms with Gasteiger partial charge in [0.2, 0.25) is 5.91 Å². The summed E-state index contributed by atoms with van der Waals surface area (Å²) in [6.07, 6.45) is -7.05. The molecule has 3 heterocycles. The van der Waals surface area contributed by atoms with Gasteiger partial charge in [0.1, 0.15) is 35.4 Å². The molecule has 9 nitrogen and oxygen atoms in total. The van der Waals surface area contributed by atoms with E-state index in [1.54, 1.807) is 0 Å². The van der Waals surface area contributed by atoms with Crippen molar-refractivity contribution in [2.45, 2.75) is 50.1 Å². The third kappa shape index (κ3) is 6.56. The first-order valence-corrected chi connectivity index (χ1v) is 15.2. The summed E-state index contributed by atoms with van der Waals surface area (Å²) in [6, 6.07) is 5.43. The fourth-order valence-electron chi connectivity index (χ4n) is 5.84. The highest BCUT2D eigenvalue weighted by molar-refractivity contribution is 7.20. The molecule has 4 N–H and O–H groups in total. The standard InChI is InChI=1S/C31H21F9N6O3S/c32-14-5-12(6-15(33)9-14)7-19(42-21(47)11-46-25-22(24(45-46)26(35)36)30(37,38)3-4-31(25,39)40)23-16(10-20-28(43-23)44-29(49)50-20)13-1-2-18(34)17(8-13)27(41)48/h1-2,5-6,8-10,19,26H,3-4,7,11H2,(H2,41,48)(H,42,47)(H,43,44,49)/t19-/m0/s1. The number of halogens is 9. The number of hydrogen-bond acceptors (Lipinski definition) is 7. The van der Waals surface area contributed by atoms with E-state index in [9.17, 15) is 54.2 Å². The molecule has 1 atom stereocenters. The second kappa shape index (κ2) is 12.6. The van der Waals surface area contributed by atoms with E-state index in [1.807, 2.05) is 0 Å². The number of carbonyl (C=O) groups is 2. The van der Waals surface area contributed by atoms with Crippen LogP contribution in [0.1, 0.15) is 63.9 Å². The second-order valence-electron chi connectivity index (χ2n) is 11.4. The Balaban J connectivity index is 1.48. The number of alkyl halides is 6. The van der Waals surface area contributed by atoms with Crippen molar-refractivity contribution in [3.8, 4) is 16.3 Å². The van der Waals surface area contributed by atoms with Crippen LogP contribution in [0.15, 0.2) is 42.5 Å². The average molecular weight is 729 g/mol. The largest absolute Gasteiger partial charge is 0.486 e. The molecule has 0 radical (unpaired) electrons. The number of aromatic hydroxyl groups is 1. The summed E-state index contributed by atoms with van der Waals surface area (Å²) in [5.41, 5.74) is -0.333. The van der Waals surface area contributed by atoms with Crippen molar-refractivity contribution >= 4 is 33.5 Å². The molecule has 19 heteroatoms. The van der Waals surface area contributed by atoms with Crippen molar-refractivity contribution in [1.29, 1.82) is 0 Å². The topological polar surface area (TPSA) is 136 Å². The van der Waals surface area contributed by atoms with Gasteiger partial charge in [-0.15, -0.1) is 0 Å². The number of nitrogens with two attached hydrogens (primary N) is 1. The molecular formula is C31H21F9N6O3S. The maximum absolute atomic E-state index is 15.0. The number of pyridine rings is 1. The van der Waals surface area contributed by atoms with Crippen LogP contribution >= 0.6 is 11.3 Å². The summed E-state index contributed by atoms with van der Waals surface area (Å²) in [5, 5.41) is 15.3. The number of thiazole rings is 1. The lowest BCUT2D eigenvalue weighted by Gasteiger charge is -2.29. The minimum Gasteiger partial charge on any atom is -0.486 e. The molecule has 0 bridgehead atoms. The molecule has 6 rings (SSSR count). The fourth-order valence-corrected chi connectivity index (χ4v) is 6.53. The summed E-state index contributed by atoms with van der Waals surface area (Å²) in [4.78, 5) is 33.8. The SMILES string of the molecule is NC(=O)c1cc(-c2cc3sc(O)nc3nc2[C@H](Cc2cc(F)cc(F)c2)NC(=O)Cn2nc(C(F)F)c3c2C(F)(F)CCC3(F)F)ccc1F. The lowest BCUT2D eigenvalue weighted by molar-refractivity contribution is -0.123. The van der Waals surface area contributed by atoms with Gasteiger partial charge in [0.15, 0.2) is 5.65 Å². The molecule has 0 saturated carbocycles. The number of benzene rings is 2. The van der Waals surface area contributed by atoms with Gasteiger partial charge in [0, 0.05) is 24.5 Å². The fraction of sp³-hybridized carbons (Fsp3) is 0.258. The second-order valence-corrected chi connectivity index (χ2v) is 12.4. The monoisotopic (exact) mass is 728 g/mol. The predicted octanol–water partition coefficient (Wildman–Crippen LogP) is 6.79. The van der Waals surface area contributed by atoms with Gasteiger partial charge in [-0.2, -0.15) is 18.9 Å². The molecule has 2 aromatic carbocycles. The van der Waals surface area contributed by atoms with Crippen LogP contribution in [0.25, 0.3) is 21.5 Å². The summed E-state index contributed by atoms with van der Waals surface area (Å²) >= 11 is 0.760.